The van der Waals surface area contributed by atoms with E-state index in [0.29, 0.717) is 12.0 Å². The molecule has 0 fully saturated rings. The zero-order chi connectivity index (χ0) is 12.4. The van der Waals surface area contributed by atoms with Gasteiger partial charge in [-0.1, -0.05) is 24.3 Å². The second-order valence-corrected chi connectivity index (χ2v) is 3.69. The van der Waals surface area contributed by atoms with Crippen molar-refractivity contribution in [1.29, 1.82) is 0 Å². The number of rotatable bonds is 2. The predicted molar refractivity (Wildman–Crippen MR) is 61.5 cm³/mol. The summed E-state index contributed by atoms with van der Waals surface area (Å²) in [5.74, 6) is -2.27. The smallest absolute Gasteiger partial charge is 0.370 e. The van der Waals surface area contributed by atoms with Gasteiger partial charge in [-0.15, -0.1) is 0 Å². The fourth-order valence-corrected chi connectivity index (χ4v) is 1.77. The Kier molecular flexibility index (Phi) is 2.78. The molecule has 0 bridgehead atoms. The molecule has 2 N–H and O–H groups in total. The maximum atomic E-state index is 11.7. The van der Waals surface area contributed by atoms with Crippen LogP contribution < -0.4 is 0 Å². The van der Waals surface area contributed by atoms with Crippen LogP contribution in [0.4, 0.5) is 0 Å². The van der Waals surface area contributed by atoms with E-state index in [0.717, 1.165) is 17.2 Å². The van der Waals surface area contributed by atoms with Gasteiger partial charge in [-0.2, -0.15) is 0 Å². The number of ketones is 1. The molecule has 1 aromatic rings. The quantitative estimate of drug-likeness (QED) is 0.599. The summed E-state index contributed by atoms with van der Waals surface area (Å²) in [5, 5.41) is 17.5. The Morgan fingerprint density at radius 3 is 2.65 bits per heavy atom. The highest BCUT2D eigenvalue weighted by molar-refractivity contribution is 6.25. The van der Waals surface area contributed by atoms with Gasteiger partial charge in [0.25, 0.3) is 0 Å². The zero-order valence-corrected chi connectivity index (χ0v) is 8.88. The van der Waals surface area contributed by atoms with E-state index in [9.17, 15) is 9.59 Å². The third-order valence-corrected chi connectivity index (χ3v) is 2.59. The summed E-state index contributed by atoms with van der Waals surface area (Å²) in [6.07, 6.45) is 2.69. The molecule has 0 spiro atoms. The van der Waals surface area contributed by atoms with Crippen LogP contribution in [0.25, 0.3) is 5.57 Å². The van der Waals surface area contributed by atoms with Gasteiger partial charge in [0, 0.05) is 12.0 Å². The van der Waals surface area contributed by atoms with E-state index in [-0.39, 0.29) is 5.78 Å². The lowest BCUT2D eigenvalue weighted by molar-refractivity contribution is -0.135. The number of hydrogen-bond acceptors (Lipinski definition) is 3. The molecule has 0 aliphatic heterocycles. The Labute approximate surface area is 97.5 Å². The van der Waals surface area contributed by atoms with Gasteiger partial charge < -0.3 is 10.2 Å². The second kappa shape index (κ2) is 4.25. The SMILES string of the molecule is O=C(O)/C(O)=C/C=C1\C(=O)Cc2ccccc21. The highest BCUT2D eigenvalue weighted by Crippen LogP contribution is 2.29. The number of allylic oxidation sites excluding steroid dienone is 3. The van der Waals surface area contributed by atoms with Gasteiger partial charge in [-0.05, 0) is 23.3 Å². The number of aliphatic carboxylic acids is 1. The third kappa shape index (κ3) is 2.10. The van der Waals surface area contributed by atoms with E-state index in [2.05, 4.69) is 0 Å². The van der Waals surface area contributed by atoms with Crippen molar-refractivity contribution >= 4 is 17.3 Å². The molecule has 2 rings (SSSR count). The van der Waals surface area contributed by atoms with Crippen LogP contribution in [0.3, 0.4) is 0 Å². The maximum absolute atomic E-state index is 11.7. The van der Waals surface area contributed by atoms with Crippen molar-refractivity contribution in [3.05, 3.63) is 53.3 Å². The fourth-order valence-electron chi connectivity index (χ4n) is 1.77. The van der Waals surface area contributed by atoms with Gasteiger partial charge >= 0.3 is 5.97 Å². The predicted octanol–water partition coefficient (Wildman–Crippen LogP) is 1.72. The Bertz CT molecular complexity index is 552. The third-order valence-electron chi connectivity index (χ3n) is 2.59. The fraction of sp³-hybridized carbons (Fsp3) is 0.0769. The maximum Gasteiger partial charge on any atom is 0.370 e. The van der Waals surface area contributed by atoms with Crippen molar-refractivity contribution in [1.82, 2.24) is 0 Å². The summed E-state index contributed by atoms with van der Waals surface area (Å²) in [6, 6.07) is 7.32. The van der Waals surface area contributed by atoms with E-state index in [1.54, 1.807) is 6.07 Å². The van der Waals surface area contributed by atoms with Crippen LogP contribution in [0.2, 0.25) is 0 Å². The molecule has 1 aliphatic rings. The van der Waals surface area contributed by atoms with Crippen molar-refractivity contribution in [2.45, 2.75) is 6.42 Å². The molecule has 1 aromatic carbocycles. The summed E-state index contributed by atoms with van der Waals surface area (Å²) in [6.45, 7) is 0. The molecule has 0 radical (unpaired) electrons. The lowest BCUT2D eigenvalue weighted by Gasteiger charge is -1.97. The Balaban J connectivity index is 2.40. The molecule has 4 nitrogen and oxygen atoms in total. The minimum absolute atomic E-state index is 0.0689. The molecule has 17 heavy (non-hydrogen) atoms. The van der Waals surface area contributed by atoms with Crippen molar-refractivity contribution in [3.63, 3.8) is 0 Å². The number of hydrogen-bond donors (Lipinski definition) is 2. The van der Waals surface area contributed by atoms with E-state index in [4.69, 9.17) is 10.2 Å². The summed E-state index contributed by atoms with van der Waals surface area (Å²) in [4.78, 5) is 22.1. The van der Waals surface area contributed by atoms with Gasteiger partial charge in [-0.3, -0.25) is 4.79 Å². The summed E-state index contributed by atoms with van der Waals surface area (Å²) in [5.41, 5.74) is 2.16. The lowest BCUT2D eigenvalue weighted by atomic mass is 10.1. The number of Topliss-reactive ketones (excluding diaryl/α,β-unsaturated/α-hetero) is 1. The van der Waals surface area contributed by atoms with Crippen LogP contribution in [-0.2, 0) is 16.0 Å². The minimum Gasteiger partial charge on any atom is -0.502 e. The van der Waals surface area contributed by atoms with Gasteiger partial charge in [0.15, 0.2) is 5.78 Å². The normalized spacial score (nSPS) is 17.3. The summed E-state index contributed by atoms with van der Waals surface area (Å²) < 4.78 is 0. The first kappa shape index (κ1) is 11.1. The topological polar surface area (TPSA) is 74.6 Å². The molecular formula is C13H10O4. The van der Waals surface area contributed by atoms with Crippen molar-refractivity contribution < 1.29 is 19.8 Å². The van der Waals surface area contributed by atoms with Gasteiger partial charge in [0.1, 0.15) is 0 Å². The molecule has 0 saturated carbocycles. The number of carboxylic acid groups (broad SMARTS) is 1. The highest BCUT2D eigenvalue weighted by Gasteiger charge is 2.23. The number of benzene rings is 1. The number of aliphatic hydroxyl groups is 1. The molecule has 0 atom stereocenters. The minimum atomic E-state index is -1.42. The molecule has 0 amide bonds. The van der Waals surface area contributed by atoms with Gasteiger partial charge in [-0.25, -0.2) is 4.79 Å². The number of carboxylic acids is 1. The monoisotopic (exact) mass is 230 g/mol. The Morgan fingerprint density at radius 2 is 1.94 bits per heavy atom. The molecule has 0 aromatic heterocycles. The molecule has 86 valence electrons. The Morgan fingerprint density at radius 1 is 1.24 bits per heavy atom. The molecule has 1 aliphatic carbocycles. The Hall–Kier alpha value is -2.36. The van der Waals surface area contributed by atoms with E-state index >= 15 is 0 Å². The first-order valence-corrected chi connectivity index (χ1v) is 5.05. The molecule has 0 saturated heterocycles. The van der Waals surface area contributed by atoms with Crippen LogP contribution in [0.15, 0.2) is 42.2 Å². The van der Waals surface area contributed by atoms with Crippen LogP contribution >= 0.6 is 0 Å². The first-order chi connectivity index (χ1) is 8.09. The molecular weight excluding hydrogens is 220 g/mol. The molecule has 0 unspecified atom stereocenters. The first-order valence-electron chi connectivity index (χ1n) is 5.05. The lowest BCUT2D eigenvalue weighted by Crippen LogP contribution is -1.98. The summed E-state index contributed by atoms with van der Waals surface area (Å²) in [7, 11) is 0. The standard InChI is InChI=1S/C13H10O4/c14-11(13(16)17)6-5-10-9-4-2-1-3-8(9)7-12(10)15/h1-6,14H,7H2,(H,16,17)/b10-5-,11-6-. The molecule has 0 heterocycles. The average Bonchev–Trinajstić information content (AvgIpc) is 2.61. The van der Waals surface area contributed by atoms with Crippen molar-refractivity contribution in [2.75, 3.05) is 0 Å². The molecule has 4 heteroatoms. The van der Waals surface area contributed by atoms with Gasteiger partial charge in [0.05, 0.1) is 0 Å². The largest absolute Gasteiger partial charge is 0.502 e. The number of carbonyl (C=O) groups excluding carboxylic acids is 1. The number of fused-ring (bicyclic) bond motifs is 1. The van der Waals surface area contributed by atoms with Crippen LogP contribution in [-0.4, -0.2) is 22.0 Å². The average molecular weight is 230 g/mol. The van der Waals surface area contributed by atoms with Crippen LogP contribution in [0.1, 0.15) is 11.1 Å². The van der Waals surface area contributed by atoms with E-state index < -0.39 is 11.7 Å². The second-order valence-electron chi connectivity index (χ2n) is 3.69. The van der Waals surface area contributed by atoms with E-state index in [1.165, 1.54) is 6.08 Å². The summed E-state index contributed by atoms with van der Waals surface area (Å²) >= 11 is 0. The number of carbonyl (C=O) groups is 2. The van der Waals surface area contributed by atoms with Crippen LogP contribution in [0.5, 0.6) is 0 Å². The van der Waals surface area contributed by atoms with Gasteiger partial charge in [0.2, 0.25) is 5.76 Å². The highest BCUT2D eigenvalue weighted by atomic mass is 16.4. The van der Waals surface area contributed by atoms with Crippen molar-refractivity contribution in [3.8, 4) is 0 Å². The van der Waals surface area contributed by atoms with Crippen molar-refractivity contribution in [2.24, 2.45) is 0 Å². The van der Waals surface area contributed by atoms with E-state index in [1.807, 2.05) is 18.2 Å². The number of aliphatic hydroxyl groups excluding tert-OH is 1. The van der Waals surface area contributed by atoms with Crippen LogP contribution in [0, 0.1) is 0 Å². The zero-order valence-electron chi connectivity index (χ0n) is 8.88.